The van der Waals surface area contributed by atoms with Gasteiger partial charge in [-0.2, -0.15) is 0 Å². The van der Waals surface area contributed by atoms with Crippen molar-refractivity contribution in [1.29, 1.82) is 0 Å². The molecule has 1 saturated heterocycles. The fourth-order valence-electron chi connectivity index (χ4n) is 2.69. The summed E-state index contributed by atoms with van der Waals surface area (Å²) in [7, 11) is 1.55. The Morgan fingerprint density at radius 1 is 1.32 bits per heavy atom. The first-order valence-electron chi connectivity index (χ1n) is 8.45. The lowest BCUT2D eigenvalue weighted by molar-refractivity contribution is -0.127. The average Bonchev–Trinajstić information content (AvgIpc) is 2.98. The maximum absolute atomic E-state index is 12.5. The maximum atomic E-state index is 12.5. The molecule has 0 radical (unpaired) electrons. The minimum absolute atomic E-state index is 0.219. The Bertz CT molecular complexity index is 588. The van der Waals surface area contributed by atoms with Crippen LogP contribution in [0.25, 0.3) is 0 Å². The molecule has 2 amide bonds. The van der Waals surface area contributed by atoms with E-state index in [0.717, 1.165) is 0 Å². The number of carbonyl (C=O) groups is 2. The summed E-state index contributed by atoms with van der Waals surface area (Å²) in [5.41, 5.74) is 0.451. The largest absolute Gasteiger partial charge is 0.497 e. The molecule has 1 fully saturated rings. The van der Waals surface area contributed by atoms with Crippen LogP contribution < -0.4 is 15.4 Å². The Kier molecular flexibility index (Phi) is 6.78. The molecule has 3 atom stereocenters. The van der Waals surface area contributed by atoms with Crippen molar-refractivity contribution in [2.45, 2.75) is 45.1 Å². The second-order valence-electron chi connectivity index (χ2n) is 6.55. The van der Waals surface area contributed by atoms with E-state index >= 15 is 0 Å². The van der Waals surface area contributed by atoms with E-state index in [0.29, 0.717) is 30.8 Å². The highest BCUT2D eigenvalue weighted by Gasteiger charge is 2.31. The van der Waals surface area contributed by atoms with E-state index in [-0.39, 0.29) is 17.7 Å². The van der Waals surface area contributed by atoms with Crippen LogP contribution in [0.3, 0.4) is 0 Å². The zero-order valence-corrected chi connectivity index (χ0v) is 14.8. The van der Waals surface area contributed by atoms with E-state index in [1.165, 1.54) is 0 Å². The third-order valence-corrected chi connectivity index (χ3v) is 4.07. The number of benzene rings is 1. The summed E-state index contributed by atoms with van der Waals surface area (Å²) >= 11 is 0. The Hall–Kier alpha value is -2.12. The summed E-state index contributed by atoms with van der Waals surface area (Å²) in [6.45, 7) is 4.36. The molecule has 2 unspecified atom stereocenters. The molecule has 1 aromatic carbocycles. The predicted octanol–water partition coefficient (Wildman–Crippen LogP) is 1.06. The van der Waals surface area contributed by atoms with Gasteiger partial charge in [0.1, 0.15) is 11.8 Å². The molecule has 138 valence electrons. The van der Waals surface area contributed by atoms with Crippen LogP contribution in [0.4, 0.5) is 0 Å². The first-order valence-corrected chi connectivity index (χ1v) is 8.45. The van der Waals surface area contributed by atoms with Gasteiger partial charge in [-0.15, -0.1) is 0 Å². The van der Waals surface area contributed by atoms with Gasteiger partial charge >= 0.3 is 0 Å². The van der Waals surface area contributed by atoms with Gasteiger partial charge in [-0.3, -0.25) is 9.59 Å². The van der Waals surface area contributed by atoms with Gasteiger partial charge in [0, 0.05) is 5.56 Å². The standard InChI is InChI=1S/C18H26N2O5/c1-11(2)10-15(17(22)19-14-8-9-25-18(14)23)20-16(21)12-4-6-13(24-3)7-5-12/h4-7,11,14-15,18,23H,8-10H2,1-3H3,(H,19,22)(H,20,21)/t14-,15?,18?/m0/s1. The summed E-state index contributed by atoms with van der Waals surface area (Å²) in [6, 6.07) is 5.56. The van der Waals surface area contributed by atoms with E-state index in [1.54, 1.807) is 31.4 Å². The summed E-state index contributed by atoms with van der Waals surface area (Å²) in [6.07, 6.45) is 0.0476. The number of nitrogens with one attached hydrogen (secondary N) is 2. The molecule has 0 aliphatic carbocycles. The van der Waals surface area contributed by atoms with E-state index < -0.39 is 18.4 Å². The molecule has 1 aliphatic rings. The van der Waals surface area contributed by atoms with Gasteiger partial charge in [0.25, 0.3) is 5.91 Å². The van der Waals surface area contributed by atoms with E-state index in [9.17, 15) is 14.7 Å². The van der Waals surface area contributed by atoms with Crippen molar-refractivity contribution in [2.75, 3.05) is 13.7 Å². The van der Waals surface area contributed by atoms with Gasteiger partial charge in [-0.05, 0) is 43.0 Å². The number of carbonyl (C=O) groups excluding carboxylic acids is 2. The molecule has 7 heteroatoms. The molecule has 0 bridgehead atoms. The number of ether oxygens (including phenoxy) is 2. The van der Waals surface area contributed by atoms with Crippen LogP contribution in [-0.2, 0) is 9.53 Å². The van der Waals surface area contributed by atoms with Crippen molar-refractivity contribution < 1.29 is 24.2 Å². The first-order chi connectivity index (χ1) is 11.9. The van der Waals surface area contributed by atoms with E-state index in [1.807, 2.05) is 13.8 Å². The van der Waals surface area contributed by atoms with Crippen LogP contribution in [0.15, 0.2) is 24.3 Å². The minimum Gasteiger partial charge on any atom is -0.497 e. The third-order valence-electron chi connectivity index (χ3n) is 4.07. The maximum Gasteiger partial charge on any atom is 0.251 e. The quantitative estimate of drug-likeness (QED) is 0.683. The Balaban J connectivity index is 2.02. The molecule has 7 nitrogen and oxygen atoms in total. The Morgan fingerprint density at radius 3 is 2.52 bits per heavy atom. The van der Waals surface area contributed by atoms with Crippen molar-refractivity contribution >= 4 is 11.8 Å². The highest BCUT2D eigenvalue weighted by atomic mass is 16.6. The molecular weight excluding hydrogens is 324 g/mol. The summed E-state index contributed by atoms with van der Waals surface area (Å²) in [4.78, 5) is 25.0. The van der Waals surface area contributed by atoms with Crippen LogP contribution in [0.1, 0.15) is 37.0 Å². The molecule has 3 N–H and O–H groups in total. The molecule has 0 saturated carbocycles. The van der Waals surface area contributed by atoms with Crippen LogP contribution >= 0.6 is 0 Å². The van der Waals surface area contributed by atoms with Gasteiger partial charge in [-0.1, -0.05) is 13.8 Å². The molecule has 1 aromatic rings. The van der Waals surface area contributed by atoms with Gasteiger partial charge in [0.15, 0.2) is 6.29 Å². The number of methoxy groups -OCH3 is 1. The average molecular weight is 350 g/mol. The smallest absolute Gasteiger partial charge is 0.251 e. The van der Waals surface area contributed by atoms with Crippen LogP contribution in [-0.4, -0.2) is 49.0 Å². The highest BCUT2D eigenvalue weighted by Crippen LogP contribution is 2.14. The monoisotopic (exact) mass is 350 g/mol. The lowest BCUT2D eigenvalue weighted by Crippen LogP contribution is -2.51. The summed E-state index contributed by atoms with van der Waals surface area (Å²) in [5.74, 6) is 0.233. The van der Waals surface area contributed by atoms with Gasteiger partial charge in [0.05, 0.1) is 19.8 Å². The van der Waals surface area contributed by atoms with Gasteiger partial charge in [0.2, 0.25) is 5.91 Å². The number of hydrogen-bond acceptors (Lipinski definition) is 5. The van der Waals surface area contributed by atoms with Gasteiger partial charge in [-0.25, -0.2) is 0 Å². The number of amides is 2. The van der Waals surface area contributed by atoms with Crippen LogP contribution in [0, 0.1) is 5.92 Å². The van der Waals surface area contributed by atoms with Crippen LogP contribution in [0.2, 0.25) is 0 Å². The van der Waals surface area contributed by atoms with Crippen molar-refractivity contribution in [2.24, 2.45) is 5.92 Å². The SMILES string of the molecule is COc1ccc(C(=O)NC(CC(C)C)C(=O)N[C@H]2CCOC2O)cc1. The van der Waals surface area contributed by atoms with E-state index in [2.05, 4.69) is 10.6 Å². The highest BCUT2D eigenvalue weighted by molar-refractivity contribution is 5.97. The van der Waals surface area contributed by atoms with Crippen molar-refractivity contribution in [3.63, 3.8) is 0 Å². The lowest BCUT2D eigenvalue weighted by Gasteiger charge is -2.23. The molecule has 2 rings (SSSR count). The Labute approximate surface area is 147 Å². The van der Waals surface area contributed by atoms with Crippen molar-refractivity contribution in [3.05, 3.63) is 29.8 Å². The predicted molar refractivity (Wildman–Crippen MR) is 92.2 cm³/mol. The summed E-state index contributed by atoms with van der Waals surface area (Å²) in [5, 5.41) is 15.2. The zero-order chi connectivity index (χ0) is 18.4. The minimum atomic E-state index is -0.999. The van der Waals surface area contributed by atoms with Crippen molar-refractivity contribution in [1.82, 2.24) is 10.6 Å². The second-order valence-corrected chi connectivity index (χ2v) is 6.55. The zero-order valence-electron chi connectivity index (χ0n) is 14.8. The molecule has 1 aliphatic heterocycles. The number of rotatable bonds is 7. The second kappa shape index (κ2) is 8.82. The molecule has 0 aromatic heterocycles. The third kappa shape index (κ3) is 5.44. The number of hydrogen-bond donors (Lipinski definition) is 3. The lowest BCUT2D eigenvalue weighted by atomic mass is 10.0. The van der Waals surface area contributed by atoms with Crippen LogP contribution in [0.5, 0.6) is 5.75 Å². The fourth-order valence-corrected chi connectivity index (χ4v) is 2.69. The molecule has 1 heterocycles. The number of aliphatic hydroxyl groups excluding tert-OH is 1. The molecule has 25 heavy (non-hydrogen) atoms. The Morgan fingerprint density at radius 2 is 2.00 bits per heavy atom. The first kappa shape index (κ1) is 19.2. The molecular formula is C18H26N2O5. The van der Waals surface area contributed by atoms with E-state index in [4.69, 9.17) is 9.47 Å². The normalized spacial score (nSPS) is 21.0. The van der Waals surface area contributed by atoms with Crippen molar-refractivity contribution in [3.8, 4) is 5.75 Å². The summed E-state index contributed by atoms with van der Waals surface area (Å²) < 4.78 is 10.1. The fraction of sp³-hybridized carbons (Fsp3) is 0.556. The molecule has 0 spiro atoms. The topological polar surface area (TPSA) is 96.9 Å². The number of aliphatic hydroxyl groups is 1. The van der Waals surface area contributed by atoms with Gasteiger partial charge < -0.3 is 25.2 Å².